The van der Waals surface area contributed by atoms with Crippen molar-refractivity contribution in [2.45, 2.75) is 51.2 Å². The fraction of sp³-hybridized carbons (Fsp3) is 0.423. The van der Waals surface area contributed by atoms with Crippen LogP contribution < -0.4 is 16.2 Å². The second-order valence-corrected chi connectivity index (χ2v) is 8.75. The van der Waals surface area contributed by atoms with Crippen LogP contribution in [-0.2, 0) is 28.5 Å². The average Bonchev–Trinajstić information content (AvgIpc) is 3.23. The quantitative estimate of drug-likeness (QED) is 0.382. The summed E-state index contributed by atoms with van der Waals surface area (Å²) >= 11 is 0. The normalized spacial score (nSPS) is 14.9. The van der Waals surface area contributed by atoms with Crippen molar-refractivity contribution in [3.63, 3.8) is 0 Å². The first-order chi connectivity index (χ1) is 16.0. The summed E-state index contributed by atoms with van der Waals surface area (Å²) in [5, 5.41) is 0. The molecule has 0 saturated carbocycles. The highest BCUT2D eigenvalue weighted by molar-refractivity contribution is 5.90. The van der Waals surface area contributed by atoms with Gasteiger partial charge in [-0.1, -0.05) is 31.2 Å². The maximum atomic E-state index is 13.7. The molecule has 34 heavy (non-hydrogen) atoms. The standard InChI is InChI=1S/C26H31F3N2O3/c1-3-17-6-9-22(23(12-17)26(27,28)29)20-13-18-7-8-21(15-19(18)14-20)33-10-4-5-11-34-24(32)25(2,31)16-30/h6-9,12,14-15H,3-5,10-11,13,16,30-31H2,1-2H3. The Labute approximate surface area is 197 Å². The van der Waals surface area contributed by atoms with Crippen molar-refractivity contribution in [1.82, 2.24) is 0 Å². The molecule has 0 bridgehead atoms. The lowest BCUT2D eigenvalue weighted by Crippen LogP contribution is -2.52. The number of alkyl halides is 3. The number of hydrogen-bond acceptors (Lipinski definition) is 5. The van der Waals surface area contributed by atoms with E-state index >= 15 is 0 Å². The van der Waals surface area contributed by atoms with Gasteiger partial charge < -0.3 is 20.9 Å². The topological polar surface area (TPSA) is 87.6 Å². The van der Waals surface area contributed by atoms with Crippen molar-refractivity contribution in [3.05, 3.63) is 64.2 Å². The van der Waals surface area contributed by atoms with Crippen LogP contribution >= 0.6 is 0 Å². The van der Waals surface area contributed by atoms with Crippen molar-refractivity contribution < 1.29 is 27.4 Å². The molecule has 0 radical (unpaired) electrons. The fourth-order valence-electron chi connectivity index (χ4n) is 3.71. The fourth-order valence-corrected chi connectivity index (χ4v) is 3.71. The molecular weight excluding hydrogens is 445 g/mol. The minimum Gasteiger partial charge on any atom is -0.494 e. The predicted octanol–water partition coefficient (Wildman–Crippen LogP) is 4.74. The van der Waals surface area contributed by atoms with Crippen LogP contribution in [0.15, 0.2) is 36.4 Å². The van der Waals surface area contributed by atoms with Crippen LogP contribution in [0.5, 0.6) is 5.75 Å². The maximum absolute atomic E-state index is 13.7. The lowest BCUT2D eigenvalue weighted by molar-refractivity contribution is -0.149. The second-order valence-electron chi connectivity index (χ2n) is 8.75. The number of fused-ring (bicyclic) bond motifs is 1. The SMILES string of the molecule is CCc1ccc(C2=Cc3cc(OCCCCOC(=O)C(C)(N)CN)ccc3C2)c(C(F)(F)F)c1. The summed E-state index contributed by atoms with van der Waals surface area (Å²) in [6.45, 7) is 4.01. The van der Waals surface area contributed by atoms with E-state index in [1.807, 2.05) is 25.1 Å². The summed E-state index contributed by atoms with van der Waals surface area (Å²) < 4.78 is 51.9. The number of allylic oxidation sites excluding steroid dienone is 1. The van der Waals surface area contributed by atoms with Crippen molar-refractivity contribution in [2.24, 2.45) is 11.5 Å². The van der Waals surface area contributed by atoms with E-state index in [1.54, 1.807) is 18.2 Å². The molecule has 8 heteroatoms. The molecule has 3 rings (SSSR count). The molecule has 0 spiro atoms. The number of rotatable bonds is 10. The molecule has 2 aromatic carbocycles. The van der Waals surface area contributed by atoms with Gasteiger partial charge in [-0.2, -0.15) is 13.2 Å². The molecule has 0 aromatic heterocycles. The molecule has 1 atom stereocenters. The summed E-state index contributed by atoms with van der Waals surface area (Å²) in [7, 11) is 0. The summed E-state index contributed by atoms with van der Waals surface area (Å²) in [5.74, 6) is 0.110. The molecule has 0 heterocycles. The zero-order valence-electron chi connectivity index (χ0n) is 19.5. The molecule has 0 fully saturated rings. The minimum atomic E-state index is -4.41. The van der Waals surface area contributed by atoms with Gasteiger partial charge in [0.05, 0.1) is 18.8 Å². The first-order valence-electron chi connectivity index (χ1n) is 11.4. The monoisotopic (exact) mass is 476 g/mol. The maximum Gasteiger partial charge on any atom is 0.417 e. The Morgan fingerprint density at radius 3 is 2.50 bits per heavy atom. The Bertz CT molecular complexity index is 1060. The van der Waals surface area contributed by atoms with E-state index in [0.717, 1.165) is 11.1 Å². The first-order valence-corrected chi connectivity index (χ1v) is 11.4. The van der Waals surface area contributed by atoms with Crippen LogP contribution in [0, 0.1) is 0 Å². The summed E-state index contributed by atoms with van der Waals surface area (Å²) in [6, 6.07) is 10.1. The number of carbonyl (C=O) groups excluding carboxylic acids is 1. The number of esters is 1. The average molecular weight is 477 g/mol. The number of carbonyl (C=O) groups is 1. The van der Waals surface area contributed by atoms with Crippen LogP contribution in [0.4, 0.5) is 13.2 Å². The van der Waals surface area contributed by atoms with Crippen molar-refractivity contribution in [3.8, 4) is 5.75 Å². The first kappa shape index (κ1) is 25.8. The Kier molecular flexibility index (Phi) is 8.05. The van der Waals surface area contributed by atoms with E-state index < -0.39 is 23.2 Å². The molecule has 2 aromatic rings. The van der Waals surface area contributed by atoms with E-state index in [4.69, 9.17) is 20.9 Å². The number of halogens is 3. The smallest absolute Gasteiger partial charge is 0.417 e. The van der Waals surface area contributed by atoms with Gasteiger partial charge >= 0.3 is 12.1 Å². The van der Waals surface area contributed by atoms with Gasteiger partial charge in [-0.05, 0) is 78.6 Å². The Morgan fingerprint density at radius 2 is 1.82 bits per heavy atom. The van der Waals surface area contributed by atoms with Crippen molar-refractivity contribution in [1.29, 1.82) is 0 Å². The molecule has 0 saturated heterocycles. The number of unbranched alkanes of at least 4 members (excludes halogenated alkanes) is 1. The molecule has 5 nitrogen and oxygen atoms in total. The van der Waals surface area contributed by atoms with E-state index in [9.17, 15) is 18.0 Å². The van der Waals surface area contributed by atoms with Crippen LogP contribution in [-0.4, -0.2) is 31.3 Å². The lowest BCUT2D eigenvalue weighted by atomic mass is 9.95. The molecule has 0 amide bonds. The molecular formula is C26H31F3N2O3. The molecule has 1 aliphatic rings. The zero-order chi connectivity index (χ0) is 24.9. The highest BCUT2D eigenvalue weighted by Crippen LogP contribution is 2.40. The summed E-state index contributed by atoms with van der Waals surface area (Å²) in [4.78, 5) is 11.8. The van der Waals surface area contributed by atoms with E-state index in [2.05, 4.69) is 0 Å². The Balaban J connectivity index is 1.59. The molecule has 1 aliphatic carbocycles. The lowest BCUT2D eigenvalue weighted by Gasteiger charge is -2.20. The third-order valence-corrected chi connectivity index (χ3v) is 5.90. The number of aryl methyl sites for hydroxylation is 1. The van der Waals surface area contributed by atoms with Gasteiger partial charge in [0.2, 0.25) is 0 Å². The van der Waals surface area contributed by atoms with Crippen molar-refractivity contribution >= 4 is 17.6 Å². The molecule has 0 aliphatic heterocycles. The summed E-state index contributed by atoms with van der Waals surface area (Å²) in [5.41, 5.74) is 12.7. The van der Waals surface area contributed by atoms with Gasteiger partial charge in [0.25, 0.3) is 0 Å². The molecule has 1 unspecified atom stereocenters. The highest BCUT2D eigenvalue weighted by atomic mass is 19.4. The number of benzene rings is 2. The second kappa shape index (κ2) is 10.6. The largest absolute Gasteiger partial charge is 0.494 e. The summed E-state index contributed by atoms with van der Waals surface area (Å²) in [6.07, 6.45) is -0.349. The zero-order valence-corrected chi connectivity index (χ0v) is 19.5. The number of nitrogens with two attached hydrogens (primary N) is 2. The third-order valence-electron chi connectivity index (χ3n) is 5.90. The van der Waals surface area contributed by atoms with Crippen LogP contribution in [0.1, 0.15) is 54.5 Å². The highest BCUT2D eigenvalue weighted by Gasteiger charge is 2.35. The van der Waals surface area contributed by atoms with Crippen molar-refractivity contribution in [2.75, 3.05) is 19.8 Å². The predicted molar refractivity (Wildman–Crippen MR) is 126 cm³/mol. The van der Waals surface area contributed by atoms with E-state index in [0.29, 0.717) is 49.2 Å². The minimum absolute atomic E-state index is 0.00496. The van der Waals surface area contributed by atoms with E-state index in [-0.39, 0.29) is 18.7 Å². The molecule has 4 N–H and O–H groups in total. The van der Waals surface area contributed by atoms with Gasteiger partial charge in [0, 0.05) is 6.54 Å². The van der Waals surface area contributed by atoms with Crippen LogP contribution in [0.3, 0.4) is 0 Å². The van der Waals surface area contributed by atoms with E-state index in [1.165, 1.54) is 13.0 Å². The Hall–Kier alpha value is -2.84. The number of ether oxygens (including phenoxy) is 2. The van der Waals surface area contributed by atoms with Crippen LogP contribution in [0.2, 0.25) is 0 Å². The third kappa shape index (κ3) is 6.18. The van der Waals surface area contributed by atoms with Gasteiger partial charge in [-0.3, -0.25) is 4.79 Å². The van der Waals surface area contributed by atoms with Gasteiger partial charge in [0.15, 0.2) is 0 Å². The van der Waals surface area contributed by atoms with Crippen LogP contribution in [0.25, 0.3) is 11.6 Å². The Morgan fingerprint density at radius 1 is 1.09 bits per heavy atom. The van der Waals surface area contributed by atoms with Gasteiger partial charge in [0.1, 0.15) is 11.3 Å². The van der Waals surface area contributed by atoms with Gasteiger partial charge in [-0.15, -0.1) is 0 Å². The van der Waals surface area contributed by atoms with Gasteiger partial charge in [-0.25, -0.2) is 0 Å². The number of hydrogen-bond donors (Lipinski definition) is 2. The molecule has 184 valence electrons.